The molecule has 0 amide bonds. The Balaban J connectivity index is 1.77. The molecule has 1 heterocycles. The summed E-state index contributed by atoms with van der Waals surface area (Å²) in [6.45, 7) is 2.62. The van der Waals surface area contributed by atoms with Gasteiger partial charge in [-0.1, -0.05) is 6.42 Å². The first kappa shape index (κ1) is 10.6. The maximum absolute atomic E-state index is 5.92. The summed E-state index contributed by atoms with van der Waals surface area (Å²) in [6, 6.07) is 0.892. The van der Waals surface area contributed by atoms with E-state index >= 15 is 0 Å². The summed E-state index contributed by atoms with van der Waals surface area (Å²) < 4.78 is 5.40. The first-order valence-corrected chi connectivity index (χ1v) is 5.64. The fourth-order valence-electron chi connectivity index (χ4n) is 2.13. The van der Waals surface area contributed by atoms with Crippen molar-refractivity contribution in [3.05, 3.63) is 17.8 Å². The lowest BCUT2D eigenvalue weighted by molar-refractivity contribution is 0.324. The molecule has 84 valence electrons. The van der Waals surface area contributed by atoms with Crippen LogP contribution >= 0.6 is 0 Å². The van der Waals surface area contributed by atoms with Crippen LogP contribution in [0.5, 0.6) is 0 Å². The van der Waals surface area contributed by atoms with Gasteiger partial charge < -0.3 is 15.5 Å². The van der Waals surface area contributed by atoms with Gasteiger partial charge in [0.2, 0.25) is 5.89 Å². The summed E-state index contributed by atoms with van der Waals surface area (Å²) in [5.41, 5.74) is 5.92. The second-order valence-electron chi connectivity index (χ2n) is 4.37. The van der Waals surface area contributed by atoms with Crippen molar-refractivity contribution in [1.82, 2.24) is 10.3 Å². The Bertz CT molecular complexity index is 311. The van der Waals surface area contributed by atoms with Crippen molar-refractivity contribution >= 4 is 0 Å². The quantitative estimate of drug-likeness (QED) is 0.788. The molecule has 1 aliphatic rings. The number of oxazole rings is 1. The normalized spacial score (nSPS) is 26.8. The molecule has 4 nitrogen and oxygen atoms in total. The predicted molar refractivity (Wildman–Crippen MR) is 58.3 cm³/mol. The van der Waals surface area contributed by atoms with Crippen LogP contribution in [0.2, 0.25) is 0 Å². The maximum atomic E-state index is 5.92. The van der Waals surface area contributed by atoms with E-state index in [0.29, 0.717) is 18.6 Å². The Hall–Kier alpha value is -0.870. The van der Waals surface area contributed by atoms with Gasteiger partial charge in [-0.15, -0.1) is 0 Å². The topological polar surface area (TPSA) is 64.1 Å². The molecular formula is C11H19N3O. The molecule has 1 aliphatic carbocycles. The largest absolute Gasteiger partial charge is 0.445 e. The first-order chi connectivity index (χ1) is 7.24. The van der Waals surface area contributed by atoms with Crippen LogP contribution in [0.3, 0.4) is 0 Å². The van der Waals surface area contributed by atoms with E-state index in [1.54, 1.807) is 6.20 Å². The Labute approximate surface area is 90.2 Å². The number of nitrogens with two attached hydrogens (primary N) is 1. The number of aryl methyl sites for hydroxylation is 1. The van der Waals surface area contributed by atoms with Gasteiger partial charge in [0.05, 0.1) is 12.7 Å². The minimum atomic E-state index is 0.363. The molecule has 0 aromatic carbocycles. The summed E-state index contributed by atoms with van der Waals surface area (Å²) >= 11 is 0. The summed E-state index contributed by atoms with van der Waals surface area (Å²) in [5.74, 6) is 1.64. The molecule has 2 rings (SSSR count). The van der Waals surface area contributed by atoms with Gasteiger partial charge in [0.25, 0.3) is 0 Å². The highest BCUT2D eigenvalue weighted by Gasteiger charge is 2.18. The zero-order valence-electron chi connectivity index (χ0n) is 9.20. The third-order valence-electron chi connectivity index (χ3n) is 2.93. The fraction of sp³-hybridized carbons (Fsp3) is 0.727. The van der Waals surface area contributed by atoms with E-state index in [0.717, 1.165) is 24.5 Å². The zero-order chi connectivity index (χ0) is 10.7. The van der Waals surface area contributed by atoms with Crippen molar-refractivity contribution in [2.75, 3.05) is 0 Å². The van der Waals surface area contributed by atoms with Gasteiger partial charge in [0.15, 0.2) is 0 Å². The van der Waals surface area contributed by atoms with E-state index in [-0.39, 0.29) is 0 Å². The lowest BCUT2D eigenvalue weighted by Gasteiger charge is -2.26. The van der Waals surface area contributed by atoms with E-state index in [9.17, 15) is 0 Å². The second kappa shape index (κ2) is 4.77. The Morgan fingerprint density at radius 2 is 2.47 bits per heavy atom. The molecule has 2 unspecified atom stereocenters. The van der Waals surface area contributed by atoms with Crippen LogP contribution in [0.15, 0.2) is 10.6 Å². The summed E-state index contributed by atoms with van der Waals surface area (Å²) in [6.07, 6.45) is 6.43. The molecule has 1 saturated carbocycles. The third-order valence-corrected chi connectivity index (χ3v) is 2.93. The molecule has 0 aliphatic heterocycles. The van der Waals surface area contributed by atoms with Crippen LogP contribution in [0.4, 0.5) is 0 Å². The monoisotopic (exact) mass is 209 g/mol. The first-order valence-electron chi connectivity index (χ1n) is 5.64. The molecule has 2 atom stereocenters. The van der Waals surface area contributed by atoms with Gasteiger partial charge in [0, 0.05) is 12.1 Å². The molecule has 4 heteroatoms. The minimum Gasteiger partial charge on any atom is -0.445 e. The van der Waals surface area contributed by atoms with E-state index in [1.165, 1.54) is 12.8 Å². The van der Waals surface area contributed by atoms with Crippen LogP contribution in [-0.2, 0) is 6.54 Å². The molecule has 1 aromatic heterocycles. The van der Waals surface area contributed by atoms with Crippen molar-refractivity contribution in [1.29, 1.82) is 0 Å². The Morgan fingerprint density at radius 1 is 1.60 bits per heavy atom. The van der Waals surface area contributed by atoms with Gasteiger partial charge in [-0.25, -0.2) is 4.98 Å². The van der Waals surface area contributed by atoms with Crippen molar-refractivity contribution in [2.45, 2.75) is 51.2 Å². The van der Waals surface area contributed by atoms with Gasteiger partial charge in [-0.2, -0.15) is 0 Å². The number of hydrogen-bond acceptors (Lipinski definition) is 4. The van der Waals surface area contributed by atoms with Crippen LogP contribution in [-0.4, -0.2) is 17.1 Å². The molecule has 0 saturated heterocycles. The molecule has 0 spiro atoms. The van der Waals surface area contributed by atoms with Crippen molar-refractivity contribution in [3.63, 3.8) is 0 Å². The maximum Gasteiger partial charge on any atom is 0.208 e. The number of nitrogens with zero attached hydrogens (tertiary/aromatic N) is 1. The Kier molecular flexibility index (Phi) is 3.38. The van der Waals surface area contributed by atoms with E-state index in [2.05, 4.69) is 10.3 Å². The lowest BCUT2D eigenvalue weighted by Crippen LogP contribution is -2.39. The highest BCUT2D eigenvalue weighted by molar-refractivity contribution is 4.91. The van der Waals surface area contributed by atoms with Crippen molar-refractivity contribution in [2.24, 2.45) is 5.73 Å². The van der Waals surface area contributed by atoms with Crippen LogP contribution in [0.25, 0.3) is 0 Å². The zero-order valence-corrected chi connectivity index (χ0v) is 9.20. The average molecular weight is 209 g/mol. The number of nitrogens with one attached hydrogen (secondary N) is 1. The second-order valence-corrected chi connectivity index (χ2v) is 4.37. The van der Waals surface area contributed by atoms with Crippen LogP contribution < -0.4 is 11.1 Å². The van der Waals surface area contributed by atoms with Gasteiger partial charge in [-0.05, 0) is 26.2 Å². The Morgan fingerprint density at radius 3 is 3.13 bits per heavy atom. The molecular weight excluding hydrogens is 190 g/mol. The average Bonchev–Trinajstić information content (AvgIpc) is 2.62. The molecule has 0 bridgehead atoms. The molecule has 1 fully saturated rings. The number of rotatable bonds is 3. The fourth-order valence-corrected chi connectivity index (χ4v) is 2.13. The van der Waals surface area contributed by atoms with E-state index in [4.69, 9.17) is 10.2 Å². The molecule has 1 aromatic rings. The summed E-state index contributed by atoms with van der Waals surface area (Å²) in [5, 5.41) is 3.45. The van der Waals surface area contributed by atoms with E-state index in [1.807, 2.05) is 6.92 Å². The minimum absolute atomic E-state index is 0.363. The number of hydrogen-bond donors (Lipinski definition) is 2. The highest BCUT2D eigenvalue weighted by atomic mass is 16.4. The molecule has 0 radical (unpaired) electrons. The third kappa shape index (κ3) is 3.04. The van der Waals surface area contributed by atoms with Gasteiger partial charge in [0.1, 0.15) is 5.76 Å². The standard InChI is InChI=1S/C11H19N3O/c1-8-6-14-11(15-8)7-13-10-4-2-3-9(12)5-10/h6,9-10,13H,2-5,7,12H2,1H3. The lowest BCUT2D eigenvalue weighted by atomic mass is 9.92. The SMILES string of the molecule is Cc1cnc(CNC2CCCC(N)C2)o1. The summed E-state index contributed by atoms with van der Waals surface area (Å²) in [7, 11) is 0. The van der Waals surface area contributed by atoms with Crippen LogP contribution in [0, 0.1) is 6.92 Å². The van der Waals surface area contributed by atoms with Crippen molar-refractivity contribution < 1.29 is 4.42 Å². The number of aromatic nitrogens is 1. The molecule has 3 N–H and O–H groups in total. The highest BCUT2D eigenvalue weighted by Crippen LogP contribution is 2.17. The van der Waals surface area contributed by atoms with E-state index < -0.39 is 0 Å². The van der Waals surface area contributed by atoms with Gasteiger partial charge in [-0.3, -0.25) is 0 Å². The van der Waals surface area contributed by atoms with Crippen molar-refractivity contribution in [3.8, 4) is 0 Å². The summed E-state index contributed by atoms with van der Waals surface area (Å²) in [4.78, 5) is 4.16. The smallest absolute Gasteiger partial charge is 0.208 e. The molecule has 15 heavy (non-hydrogen) atoms. The van der Waals surface area contributed by atoms with Crippen LogP contribution in [0.1, 0.15) is 37.3 Å². The van der Waals surface area contributed by atoms with Gasteiger partial charge >= 0.3 is 0 Å². The predicted octanol–water partition coefficient (Wildman–Crippen LogP) is 1.34.